The first-order chi connectivity index (χ1) is 16.6. The molecule has 0 spiro atoms. The van der Waals surface area contributed by atoms with Crippen molar-refractivity contribution in [3.05, 3.63) is 82.4 Å². The monoisotopic (exact) mass is 467 g/mol. The van der Waals surface area contributed by atoms with Crippen LogP contribution in [0.4, 0.5) is 5.69 Å². The Balaban J connectivity index is 1.60. The summed E-state index contributed by atoms with van der Waals surface area (Å²) in [6.07, 6.45) is 2.40. The summed E-state index contributed by atoms with van der Waals surface area (Å²) >= 11 is 0. The average molecular weight is 467 g/mol. The molecule has 2 atom stereocenters. The summed E-state index contributed by atoms with van der Waals surface area (Å²) in [4.78, 5) is 26.1. The Bertz CT molecular complexity index is 1230. The van der Waals surface area contributed by atoms with E-state index >= 15 is 0 Å². The lowest BCUT2D eigenvalue weighted by atomic mass is 9.93. The Kier molecular flexibility index (Phi) is 7.58. The van der Waals surface area contributed by atoms with Gasteiger partial charge in [0.05, 0.1) is 43.8 Å². The van der Waals surface area contributed by atoms with E-state index in [2.05, 4.69) is 5.32 Å². The topological polar surface area (TPSA) is 127 Å². The number of para-hydroxylation sites is 3. The van der Waals surface area contributed by atoms with Crippen molar-refractivity contribution in [2.45, 2.75) is 18.6 Å². The summed E-state index contributed by atoms with van der Waals surface area (Å²) in [7, 11) is 0. The van der Waals surface area contributed by atoms with Crippen LogP contribution >= 0.6 is 0 Å². The van der Waals surface area contributed by atoms with E-state index in [9.17, 15) is 14.7 Å². The minimum absolute atomic E-state index is 0.0478. The Morgan fingerprint density at radius 3 is 2.71 bits per heavy atom. The molecule has 0 saturated heterocycles. The number of ether oxygens (including phenoxy) is 3. The van der Waals surface area contributed by atoms with Crippen molar-refractivity contribution in [3.63, 3.8) is 0 Å². The van der Waals surface area contributed by atoms with Gasteiger partial charge in [0.2, 0.25) is 6.29 Å². The third-order valence-corrected chi connectivity index (χ3v) is 5.31. The molecule has 1 aromatic heterocycles. The molecule has 1 aliphatic rings. The molecule has 9 heteroatoms. The van der Waals surface area contributed by atoms with Gasteiger partial charge in [-0.1, -0.05) is 24.3 Å². The zero-order chi connectivity index (χ0) is 23.9. The van der Waals surface area contributed by atoms with E-state index in [1.54, 1.807) is 48.5 Å². The lowest BCUT2D eigenvalue weighted by molar-refractivity contribution is -0.148. The molecule has 2 aromatic carbocycles. The van der Waals surface area contributed by atoms with Crippen LogP contribution in [0.2, 0.25) is 0 Å². The molecule has 4 rings (SSSR count). The van der Waals surface area contributed by atoms with Crippen molar-refractivity contribution in [1.29, 1.82) is 0 Å². The minimum Gasteiger partial charge on any atom is -0.506 e. The zero-order valence-electron chi connectivity index (χ0n) is 18.3. The number of phenols is 1. The van der Waals surface area contributed by atoms with Crippen LogP contribution in [0.5, 0.6) is 5.75 Å². The molecule has 9 nitrogen and oxygen atoms in total. The van der Waals surface area contributed by atoms with Crippen molar-refractivity contribution in [3.8, 4) is 5.75 Å². The number of aliphatic hydroxyl groups excluding tert-OH is 1. The number of rotatable bonds is 9. The number of amides is 1. The summed E-state index contributed by atoms with van der Waals surface area (Å²) < 4.78 is 22.3. The SMILES string of the molecule is O=C(Nc1ccccc1O)C1=C[C@@H](c2coc3ccccc3c2=O)C[C@@H](OCCOCCO)O1. The lowest BCUT2D eigenvalue weighted by Gasteiger charge is -2.29. The van der Waals surface area contributed by atoms with Gasteiger partial charge < -0.3 is 34.2 Å². The molecule has 1 aliphatic heterocycles. The summed E-state index contributed by atoms with van der Waals surface area (Å²) in [5.74, 6) is -1.24. The van der Waals surface area contributed by atoms with E-state index in [0.29, 0.717) is 16.5 Å². The van der Waals surface area contributed by atoms with Gasteiger partial charge in [0.25, 0.3) is 5.91 Å². The van der Waals surface area contributed by atoms with Crippen molar-refractivity contribution >= 4 is 22.6 Å². The number of aliphatic hydroxyl groups is 1. The van der Waals surface area contributed by atoms with E-state index in [4.69, 9.17) is 23.7 Å². The maximum absolute atomic E-state index is 13.1. The fraction of sp³-hybridized carbons (Fsp3) is 0.280. The normalized spacial score (nSPS) is 17.7. The highest BCUT2D eigenvalue weighted by molar-refractivity contribution is 6.03. The predicted octanol–water partition coefficient (Wildman–Crippen LogP) is 2.88. The number of anilines is 1. The summed E-state index contributed by atoms with van der Waals surface area (Å²) in [5.41, 5.74) is 0.869. The van der Waals surface area contributed by atoms with Crippen molar-refractivity contribution < 1.29 is 33.6 Å². The second kappa shape index (κ2) is 11.0. The molecule has 0 unspecified atom stereocenters. The van der Waals surface area contributed by atoms with Crippen LogP contribution in [0, 0.1) is 0 Å². The molecule has 0 radical (unpaired) electrons. The molecule has 0 aliphatic carbocycles. The summed E-state index contributed by atoms with van der Waals surface area (Å²) in [5, 5.41) is 21.8. The number of hydrogen-bond donors (Lipinski definition) is 3. The molecular formula is C25H25NO8. The molecule has 2 heterocycles. The molecule has 3 aromatic rings. The molecule has 0 fully saturated rings. The highest BCUT2D eigenvalue weighted by atomic mass is 16.7. The van der Waals surface area contributed by atoms with Crippen LogP contribution in [0.1, 0.15) is 17.9 Å². The van der Waals surface area contributed by atoms with Gasteiger partial charge in [-0.2, -0.15) is 0 Å². The number of benzene rings is 2. The van der Waals surface area contributed by atoms with E-state index in [1.807, 2.05) is 0 Å². The van der Waals surface area contributed by atoms with Crippen molar-refractivity contribution in [1.82, 2.24) is 0 Å². The minimum atomic E-state index is -0.830. The largest absolute Gasteiger partial charge is 0.506 e. The van der Waals surface area contributed by atoms with Crippen LogP contribution in [0.3, 0.4) is 0 Å². The van der Waals surface area contributed by atoms with E-state index in [0.717, 1.165) is 0 Å². The van der Waals surface area contributed by atoms with Crippen LogP contribution in [-0.4, -0.2) is 48.8 Å². The molecule has 0 bridgehead atoms. The Labute approximate surface area is 195 Å². The average Bonchev–Trinajstić information content (AvgIpc) is 2.85. The van der Waals surface area contributed by atoms with Crippen LogP contribution in [0.15, 0.2) is 75.8 Å². The van der Waals surface area contributed by atoms with E-state index in [1.165, 1.54) is 12.3 Å². The van der Waals surface area contributed by atoms with Gasteiger partial charge in [0.15, 0.2) is 11.2 Å². The first-order valence-electron chi connectivity index (χ1n) is 10.9. The maximum atomic E-state index is 13.1. The number of carbonyl (C=O) groups is 1. The van der Waals surface area contributed by atoms with E-state index < -0.39 is 18.1 Å². The van der Waals surface area contributed by atoms with Crippen LogP contribution in [0.25, 0.3) is 11.0 Å². The van der Waals surface area contributed by atoms with Gasteiger partial charge in [-0.25, -0.2) is 0 Å². The first kappa shape index (κ1) is 23.5. The third-order valence-electron chi connectivity index (χ3n) is 5.31. The number of hydrogen-bond acceptors (Lipinski definition) is 8. The fourth-order valence-electron chi connectivity index (χ4n) is 3.65. The fourth-order valence-corrected chi connectivity index (χ4v) is 3.65. The number of allylic oxidation sites excluding steroid dienone is 1. The second-order valence-electron chi connectivity index (χ2n) is 7.61. The smallest absolute Gasteiger partial charge is 0.290 e. The van der Waals surface area contributed by atoms with Gasteiger partial charge in [0.1, 0.15) is 11.3 Å². The highest BCUT2D eigenvalue weighted by Gasteiger charge is 2.31. The number of carbonyl (C=O) groups excluding carboxylic acids is 1. The first-order valence-corrected chi connectivity index (χ1v) is 10.9. The van der Waals surface area contributed by atoms with Crippen LogP contribution < -0.4 is 10.7 Å². The number of phenolic OH excluding ortho intramolecular Hbond substituents is 1. The molecule has 1 amide bonds. The molecule has 3 N–H and O–H groups in total. The summed E-state index contributed by atoms with van der Waals surface area (Å²) in [6, 6.07) is 13.3. The van der Waals surface area contributed by atoms with Gasteiger partial charge in [-0.3, -0.25) is 9.59 Å². The van der Waals surface area contributed by atoms with Gasteiger partial charge in [-0.05, 0) is 30.3 Å². The Morgan fingerprint density at radius 1 is 1.09 bits per heavy atom. The number of nitrogens with one attached hydrogen (secondary N) is 1. The maximum Gasteiger partial charge on any atom is 0.290 e. The third kappa shape index (κ3) is 5.45. The molecule has 34 heavy (non-hydrogen) atoms. The number of fused-ring (bicyclic) bond motifs is 1. The van der Waals surface area contributed by atoms with Crippen molar-refractivity contribution in [2.24, 2.45) is 0 Å². The van der Waals surface area contributed by atoms with Gasteiger partial charge >= 0.3 is 0 Å². The van der Waals surface area contributed by atoms with Gasteiger partial charge in [-0.15, -0.1) is 0 Å². The molecule has 178 valence electrons. The molecular weight excluding hydrogens is 442 g/mol. The quantitative estimate of drug-likeness (QED) is 0.324. The standard InChI is InChI=1S/C25H25NO8/c27-9-10-31-11-12-32-23-14-16(18-15-33-21-8-4-1-5-17(21)24(18)29)13-22(34-23)25(30)26-19-6-2-3-7-20(19)28/h1-8,13,15-16,23,27-28H,9-12,14H2,(H,26,30)/t16-,23+/m1/s1. The Morgan fingerprint density at radius 2 is 1.88 bits per heavy atom. The predicted molar refractivity (Wildman–Crippen MR) is 123 cm³/mol. The van der Waals surface area contributed by atoms with Gasteiger partial charge in [0, 0.05) is 17.9 Å². The lowest BCUT2D eigenvalue weighted by Crippen LogP contribution is -2.31. The second-order valence-corrected chi connectivity index (χ2v) is 7.61. The summed E-state index contributed by atoms with van der Waals surface area (Å²) in [6.45, 7) is 0.479. The van der Waals surface area contributed by atoms with Crippen LogP contribution in [-0.2, 0) is 19.0 Å². The van der Waals surface area contributed by atoms with Crippen molar-refractivity contribution in [2.75, 3.05) is 31.7 Å². The zero-order valence-corrected chi connectivity index (χ0v) is 18.3. The highest BCUT2D eigenvalue weighted by Crippen LogP contribution is 2.32. The van der Waals surface area contributed by atoms with E-state index in [-0.39, 0.29) is 55.5 Å². The number of aromatic hydroxyl groups is 1. The Hall–Kier alpha value is -3.66. The molecule has 0 saturated carbocycles.